The number of hydrogen-bond donors (Lipinski definition) is 1. The van der Waals surface area contributed by atoms with Crippen molar-refractivity contribution < 1.29 is 13.2 Å². The second-order valence-electron chi connectivity index (χ2n) is 6.24. The first kappa shape index (κ1) is 16.0. The summed E-state index contributed by atoms with van der Waals surface area (Å²) in [5.41, 5.74) is 5.87. The molecule has 1 aliphatic heterocycles. The maximum absolute atomic E-state index is 13.0. The molecule has 2 aliphatic rings. The van der Waals surface area contributed by atoms with E-state index in [-0.39, 0.29) is 16.9 Å². The van der Waals surface area contributed by atoms with Crippen LogP contribution in [0.1, 0.15) is 37.7 Å². The van der Waals surface area contributed by atoms with E-state index >= 15 is 0 Å². The maximum Gasteiger partial charge on any atom is 0.244 e. The summed E-state index contributed by atoms with van der Waals surface area (Å²) in [6.45, 7) is 0. The summed E-state index contributed by atoms with van der Waals surface area (Å²) in [4.78, 5) is 11.9. The van der Waals surface area contributed by atoms with Gasteiger partial charge in [0.05, 0.1) is 16.5 Å². The molecular weight excluding hydrogens is 314 g/mol. The van der Waals surface area contributed by atoms with Crippen molar-refractivity contribution in [3.8, 4) is 6.07 Å². The number of amides is 1. The van der Waals surface area contributed by atoms with Crippen molar-refractivity contribution in [3.05, 3.63) is 29.8 Å². The number of benzene rings is 1. The van der Waals surface area contributed by atoms with Crippen molar-refractivity contribution in [2.75, 3.05) is 0 Å². The van der Waals surface area contributed by atoms with E-state index in [0.717, 1.165) is 25.7 Å². The van der Waals surface area contributed by atoms with E-state index in [1.54, 1.807) is 0 Å². The Bertz CT molecular complexity index is 752. The zero-order valence-electron chi connectivity index (χ0n) is 12.7. The summed E-state index contributed by atoms with van der Waals surface area (Å²) < 4.78 is 27.4. The van der Waals surface area contributed by atoms with Gasteiger partial charge in [0.2, 0.25) is 15.9 Å². The van der Waals surface area contributed by atoms with E-state index < -0.39 is 22.0 Å². The lowest BCUT2D eigenvalue weighted by Crippen LogP contribution is -2.48. The van der Waals surface area contributed by atoms with Crippen LogP contribution in [0.3, 0.4) is 0 Å². The van der Waals surface area contributed by atoms with Crippen molar-refractivity contribution in [1.29, 1.82) is 5.26 Å². The number of primary amides is 1. The molecule has 1 heterocycles. The van der Waals surface area contributed by atoms with Gasteiger partial charge in [0, 0.05) is 6.04 Å². The molecule has 6 nitrogen and oxygen atoms in total. The van der Waals surface area contributed by atoms with Gasteiger partial charge in [-0.05, 0) is 49.4 Å². The Balaban J connectivity index is 2.01. The molecule has 1 aromatic carbocycles. The molecule has 0 aromatic heterocycles. The minimum atomic E-state index is -3.81. The molecule has 1 amide bonds. The minimum absolute atomic E-state index is 0.106. The smallest absolute Gasteiger partial charge is 0.244 e. The topological polar surface area (TPSA) is 104 Å². The average Bonchev–Trinajstić information content (AvgIpc) is 2.95. The van der Waals surface area contributed by atoms with Crippen LogP contribution in [0.4, 0.5) is 0 Å². The Kier molecular flexibility index (Phi) is 4.13. The van der Waals surface area contributed by atoms with Crippen molar-refractivity contribution in [2.24, 2.45) is 11.7 Å². The number of nitrogens with zero attached hydrogens (tertiary/aromatic N) is 2. The zero-order valence-corrected chi connectivity index (χ0v) is 13.5. The first-order chi connectivity index (χ1) is 10.9. The van der Waals surface area contributed by atoms with Gasteiger partial charge in [0.15, 0.2) is 0 Å². The summed E-state index contributed by atoms with van der Waals surface area (Å²) in [5, 5.41) is 8.84. The summed E-state index contributed by atoms with van der Waals surface area (Å²) in [7, 11) is -3.81. The third-order valence-corrected chi connectivity index (χ3v) is 6.86. The number of hydrogen-bond acceptors (Lipinski definition) is 4. The number of carbonyl (C=O) groups excluding carboxylic acids is 1. The molecule has 2 fully saturated rings. The average molecular weight is 333 g/mol. The third-order valence-electron chi connectivity index (χ3n) is 4.92. The van der Waals surface area contributed by atoms with Crippen LogP contribution in [0.2, 0.25) is 0 Å². The lowest BCUT2D eigenvalue weighted by molar-refractivity contribution is -0.121. The Morgan fingerprint density at radius 2 is 1.87 bits per heavy atom. The van der Waals surface area contributed by atoms with Gasteiger partial charge in [-0.3, -0.25) is 4.79 Å². The van der Waals surface area contributed by atoms with E-state index in [1.165, 1.54) is 28.6 Å². The Morgan fingerprint density at radius 3 is 2.48 bits per heavy atom. The van der Waals surface area contributed by atoms with Gasteiger partial charge in [0.1, 0.15) is 6.04 Å². The molecule has 0 bridgehead atoms. The summed E-state index contributed by atoms with van der Waals surface area (Å²) in [6.07, 6.45) is 4.25. The van der Waals surface area contributed by atoms with Gasteiger partial charge in [-0.25, -0.2) is 8.42 Å². The highest BCUT2D eigenvalue weighted by Gasteiger charge is 2.50. The number of nitrogens with two attached hydrogens (primary N) is 1. The summed E-state index contributed by atoms with van der Waals surface area (Å²) >= 11 is 0. The molecule has 1 aromatic rings. The van der Waals surface area contributed by atoms with Crippen LogP contribution >= 0.6 is 0 Å². The molecule has 1 saturated carbocycles. The quantitative estimate of drug-likeness (QED) is 0.901. The first-order valence-electron chi connectivity index (χ1n) is 7.78. The number of carbonyl (C=O) groups is 1. The van der Waals surface area contributed by atoms with Crippen LogP contribution in [0.5, 0.6) is 0 Å². The Hall–Kier alpha value is -1.91. The second kappa shape index (κ2) is 5.95. The van der Waals surface area contributed by atoms with Gasteiger partial charge in [-0.1, -0.05) is 12.8 Å². The van der Waals surface area contributed by atoms with Crippen LogP contribution in [0.15, 0.2) is 29.2 Å². The van der Waals surface area contributed by atoms with Crippen LogP contribution in [-0.4, -0.2) is 30.7 Å². The molecular formula is C16H19N3O3S. The zero-order chi connectivity index (χ0) is 16.6. The molecule has 0 radical (unpaired) electrons. The van der Waals surface area contributed by atoms with Gasteiger partial charge in [-0.15, -0.1) is 0 Å². The monoisotopic (exact) mass is 333 g/mol. The third kappa shape index (κ3) is 2.73. The highest BCUT2D eigenvalue weighted by molar-refractivity contribution is 7.89. The van der Waals surface area contributed by atoms with E-state index in [1.807, 2.05) is 6.07 Å². The minimum Gasteiger partial charge on any atom is -0.368 e. The highest BCUT2D eigenvalue weighted by atomic mass is 32.2. The van der Waals surface area contributed by atoms with Crippen LogP contribution in [-0.2, 0) is 14.8 Å². The first-order valence-corrected chi connectivity index (χ1v) is 9.22. The number of rotatable bonds is 3. The van der Waals surface area contributed by atoms with Crippen molar-refractivity contribution >= 4 is 15.9 Å². The lowest BCUT2D eigenvalue weighted by atomic mass is 9.85. The van der Waals surface area contributed by atoms with Crippen molar-refractivity contribution in [1.82, 2.24) is 4.31 Å². The van der Waals surface area contributed by atoms with Gasteiger partial charge < -0.3 is 5.73 Å². The molecule has 3 atom stereocenters. The largest absolute Gasteiger partial charge is 0.368 e. The fraction of sp³-hybridized carbons (Fsp3) is 0.500. The molecule has 7 heteroatoms. The van der Waals surface area contributed by atoms with Crippen LogP contribution in [0.25, 0.3) is 0 Å². The lowest BCUT2D eigenvalue weighted by Gasteiger charge is -2.32. The van der Waals surface area contributed by atoms with Crippen molar-refractivity contribution in [3.63, 3.8) is 0 Å². The van der Waals surface area contributed by atoms with Crippen LogP contribution < -0.4 is 5.73 Å². The molecule has 23 heavy (non-hydrogen) atoms. The Labute approximate surface area is 135 Å². The van der Waals surface area contributed by atoms with Crippen molar-refractivity contribution in [2.45, 2.75) is 49.1 Å². The predicted octanol–water partition coefficient (Wildman–Crippen LogP) is 1.37. The summed E-state index contributed by atoms with van der Waals surface area (Å²) in [6, 6.07) is 6.82. The van der Waals surface area contributed by atoms with Gasteiger partial charge in [-0.2, -0.15) is 9.57 Å². The molecule has 3 rings (SSSR count). The molecule has 122 valence electrons. The fourth-order valence-corrected chi connectivity index (χ4v) is 5.71. The highest BCUT2D eigenvalue weighted by Crippen LogP contribution is 2.42. The Morgan fingerprint density at radius 1 is 1.22 bits per heavy atom. The van der Waals surface area contributed by atoms with E-state index in [9.17, 15) is 13.2 Å². The molecule has 1 saturated heterocycles. The predicted molar refractivity (Wildman–Crippen MR) is 83.5 cm³/mol. The fourth-order valence-electron chi connectivity index (χ4n) is 3.83. The molecule has 2 N–H and O–H groups in total. The normalized spacial score (nSPS) is 28.0. The molecule has 0 unspecified atom stereocenters. The number of nitriles is 1. The SMILES string of the molecule is N#Cc1ccc(S(=O)(=O)N2[C@H](C(N)=O)C[C@H]3CCCC[C@@H]32)cc1. The number of sulfonamides is 1. The van der Waals surface area contributed by atoms with E-state index in [0.29, 0.717) is 12.0 Å². The number of fused-ring (bicyclic) bond motifs is 1. The van der Waals surface area contributed by atoms with E-state index in [2.05, 4.69) is 0 Å². The molecule has 0 spiro atoms. The maximum atomic E-state index is 13.0. The standard InChI is InChI=1S/C16H19N3O3S/c17-10-11-5-7-13(8-6-11)23(21,22)19-14-4-2-1-3-12(14)9-15(19)16(18)20/h5-8,12,14-15H,1-4,9H2,(H2,18,20)/t12-,14+,15+/m1/s1. The van der Waals surface area contributed by atoms with Gasteiger partial charge >= 0.3 is 0 Å². The van der Waals surface area contributed by atoms with Gasteiger partial charge in [0.25, 0.3) is 0 Å². The van der Waals surface area contributed by atoms with Crippen LogP contribution in [0, 0.1) is 17.2 Å². The van der Waals surface area contributed by atoms with E-state index in [4.69, 9.17) is 11.0 Å². The summed E-state index contributed by atoms with van der Waals surface area (Å²) in [5.74, 6) is -0.383. The second-order valence-corrected chi connectivity index (χ2v) is 8.08. The molecule has 1 aliphatic carbocycles.